The van der Waals surface area contributed by atoms with Crippen molar-refractivity contribution in [1.82, 2.24) is 0 Å². The molecular weight excluding hydrogens is 1030 g/mol. The summed E-state index contributed by atoms with van der Waals surface area (Å²) in [6.45, 7) is 7.11. The van der Waals surface area contributed by atoms with Gasteiger partial charge in [0.1, 0.15) is 11.5 Å². The summed E-state index contributed by atoms with van der Waals surface area (Å²) in [5.74, 6) is 12.1. The second-order valence-corrected chi connectivity index (χ2v) is 17.6. The Morgan fingerprint density at radius 1 is 0.438 bits per heavy atom. The molecule has 80 heavy (non-hydrogen) atoms. The number of unbranched alkanes of at least 4 members (excludes halogenated alkanes) is 5. The molecule has 8 rings (SSSR count). The van der Waals surface area contributed by atoms with E-state index in [0.717, 1.165) is 94.6 Å². The van der Waals surface area contributed by atoms with Crippen molar-refractivity contribution < 1.29 is 89.7 Å². The first-order valence-electron chi connectivity index (χ1n) is 25.0. The van der Waals surface area contributed by atoms with Crippen molar-refractivity contribution >= 4 is 56.4 Å². The minimum atomic E-state index is -1.29. The summed E-state index contributed by atoms with van der Waals surface area (Å²) in [5.41, 5.74) is 10.9. The first-order chi connectivity index (χ1) is 39.3. The van der Waals surface area contributed by atoms with Gasteiger partial charge < -0.3 is 9.47 Å². The van der Waals surface area contributed by atoms with Gasteiger partial charge in [0.25, 0.3) is 0 Å². The van der Waals surface area contributed by atoms with Gasteiger partial charge in [-0.1, -0.05) is 172 Å². The fourth-order valence-electron chi connectivity index (χ4n) is 8.57. The van der Waals surface area contributed by atoms with E-state index in [0.29, 0.717) is 6.61 Å². The van der Waals surface area contributed by atoms with Gasteiger partial charge >= 0.3 is 11.9 Å². The second-order valence-electron chi connectivity index (χ2n) is 17.6. The molecule has 0 atom stereocenters. The molecule has 0 radical (unpaired) electrons. The first kappa shape index (κ1) is 57.4. The van der Waals surface area contributed by atoms with Crippen LogP contribution >= 0.6 is 0 Å². The van der Waals surface area contributed by atoms with Crippen molar-refractivity contribution in [3.8, 4) is 80.4 Å². The van der Waals surface area contributed by atoms with Crippen LogP contribution in [0.2, 0.25) is 0 Å². The smallest absolute Gasteiger partial charge is 0.421 e. The van der Waals surface area contributed by atoms with Crippen molar-refractivity contribution in [1.29, 1.82) is 0 Å². The maximum Gasteiger partial charge on any atom is 0.421 e. The molecule has 8 aromatic rings. The SMILES string of the molecule is CCCCCCCCOc1ccc2cc(-c3c4ccc(C)cc4c(-c4ccc(OC(=O)C#CC#CC#CC(=O)OOOOOOOOOOOOOO)cc4)c4ccc(-c5ccc(/C=C/c6ccc(C)cc6)cc5)cc34)ccc2c1. The highest BCUT2D eigenvalue weighted by Gasteiger charge is 2.19. The number of carbonyl (C=O) groups excluding carboxylic acids is 2. The number of carbonyl (C=O) groups is 2. The summed E-state index contributed by atoms with van der Waals surface area (Å²) in [7, 11) is 0. The van der Waals surface area contributed by atoms with Crippen LogP contribution in [0.25, 0.3) is 77.9 Å². The molecule has 0 spiro atoms. The summed E-state index contributed by atoms with van der Waals surface area (Å²) in [4.78, 5) is 28.4. The van der Waals surface area contributed by atoms with E-state index in [1.807, 2.05) is 18.1 Å². The highest BCUT2D eigenvalue weighted by molar-refractivity contribution is 6.22. The summed E-state index contributed by atoms with van der Waals surface area (Å²) in [6.07, 6.45) is 11.5. The lowest BCUT2D eigenvalue weighted by molar-refractivity contribution is -0.874. The summed E-state index contributed by atoms with van der Waals surface area (Å²) in [5, 5.41) is 57.0. The van der Waals surface area contributed by atoms with E-state index in [2.05, 4.69) is 249 Å². The van der Waals surface area contributed by atoms with Crippen LogP contribution in [-0.4, -0.2) is 23.8 Å². The summed E-state index contributed by atoms with van der Waals surface area (Å²) in [6, 6.07) is 50.6. The number of rotatable bonds is 26. The lowest BCUT2D eigenvalue weighted by Gasteiger charge is -2.20. The van der Waals surface area contributed by atoms with Gasteiger partial charge in [0.15, 0.2) is 0 Å². The van der Waals surface area contributed by atoms with Crippen molar-refractivity contribution in [3.05, 3.63) is 168 Å². The summed E-state index contributed by atoms with van der Waals surface area (Å²) >= 11 is 0. The average Bonchev–Trinajstić information content (AvgIpc) is 3.53. The molecule has 8 aromatic carbocycles. The molecule has 0 heterocycles. The molecule has 1 N–H and O–H groups in total. The molecular formula is C62H50O18. The van der Waals surface area contributed by atoms with E-state index in [4.69, 9.17) is 14.7 Å². The zero-order valence-electron chi connectivity index (χ0n) is 43.3. The Morgan fingerprint density at radius 2 is 0.950 bits per heavy atom. The molecule has 0 saturated carbocycles. The van der Waals surface area contributed by atoms with Gasteiger partial charge in [-0.25, -0.2) is 14.8 Å². The second kappa shape index (κ2) is 30.4. The number of benzene rings is 8. The van der Waals surface area contributed by atoms with E-state index >= 15 is 0 Å². The van der Waals surface area contributed by atoms with Crippen LogP contribution in [0, 0.1) is 49.4 Å². The average molecular weight is 1080 g/mol. The largest absolute Gasteiger partial charge is 0.494 e. The Hall–Kier alpha value is -8.82. The van der Waals surface area contributed by atoms with Gasteiger partial charge in [0.2, 0.25) is 0 Å². The Labute approximate surface area is 458 Å². The molecule has 0 aliphatic heterocycles. The van der Waals surface area contributed by atoms with E-state index < -0.39 is 11.9 Å². The number of fused-ring (bicyclic) bond motifs is 3. The molecule has 0 fully saturated rings. The highest BCUT2D eigenvalue weighted by Crippen LogP contribution is 2.46. The van der Waals surface area contributed by atoms with Crippen LogP contribution < -0.4 is 9.47 Å². The Kier molecular flexibility index (Phi) is 21.8. The van der Waals surface area contributed by atoms with E-state index in [9.17, 15) is 9.59 Å². The molecule has 18 heteroatoms. The Balaban J connectivity index is 1.000. The fraction of sp³-hybridized carbons (Fsp3) is 0.161. The van der Waals surface area contributed by atoms with Gasteiger partial charge in [-0.05, 0) is 187 Å². The molecule has 406 valence electrons. The molecule has 0 unspecified atom stereocenters. The van der Waals surface area contributed by atoms with Gasteiger partial charge in [-0.15, -0.1) is 0 Å². The minimum absolute atomic E-state index is 0.260. The Morgan fingerprint density at radius 3 is 1.64 bits per heavy atom. The lowest BCUT2D eigenvalue weighted by atomic mass is 9.84. The maximum atomic E-state index is 12.7. The van der Waals surface area contributed by atoms with E-state index in [1.54, 1.807) is 12.1 Å². The molecule has 18 nitrogen and oxygen atoms in total. The van der Waals surface area contributed by atoms with Crippen molar-refractivity contribution in [2.24, 2.45) is 0 Å². The van der Waals surface area contributed by atoms with Crippen LogP contribution in [-0.2, 0) is 74.9 Å². The number of ether oxygens (including phenoxy) is 2. The predicted octanol–water partition coefficient (Wildman–Crippen LogP) is 13.8. The van der Waals surface area contributed by atoms with E-state index in [1.165, 1.54) is 37.7 Å². The molecule has 0 bridgehead atoms. The number of hydrogen-bond acceptors (Lipinski definition) is 18. The lowest BCUT2D eigenvalue weighted by Crippen LogP contribution is -2.06. The third-order valence-corrected chi connectivity index (χ3v) is 12.2. The van der Waals surface area contributed by atoms with Crippen LogP contribution in [0.3, 0.4) is 0 Å². The fourth-order valence-corrected chi connectivity index (χ4v) is 8.57. The van der Waals surface area contributed by atoms with Crippen LogP contribution in [0.15, 0.2) is 146 Å². The quantitative estimate of drug-likeness (QED) is 0.00619. The predicted molar refractivity (Wildman–Crippen MR) is 290 cm³/mol. The van der Waals surface area contributed by atoms with Gasteiger partial charge in [-0.3, -0.25) is 4.89 Å². The van der Waals surface area contributed by atoms with Crippen molar-refractivity contribution in [3.63, 3.8) is 0 Å². The standard InChI is InChI=1S/C62H50O18/c1-4-5-6-7-10-13-38-66-54-35-31-49-40-52(28-27-50(49)41-54)62-55-36-18-44(3)39-57(55)61(56-37-32-51(42-58(56)62)47-25-23-46(24-26-47)22-21-45-19-16-43(2)17-20-45)48-29-33-53(34-30-48)67-59(63)14-11-8-9-12-15-60(64)68-70-72-74-76-78-80-79-77-75-73-71-69-65/h16-37,39-42,65H,4-7,10,13,38H2,1-3H3/b22-21+. The minimum Gasteiger partial charge on any atom is -0.494 e. The highest BCUT2D eigenvalue weighted by atomic mass is 18.0. The molecule has 0 saturated heterocycles. The third kappa shape index (κ3) is 16.8. The summed E-state index contributed by atoms with van der Waals surface area (Å²) < 4.78 is 11.7. The zero-order chi connectivity index (χ0) is 55.7. The topological polar surface area (TPSA) is 193 Å². The van der Waals surface area contributed by atoms with E-state index in [-0.39, 0.29) is 5.75 Å². The number of hydrogen-bond donors (Lipinski definition) is 1. The van der Waals surface area contributed by atoms with Crippen LogP contribution in [0.1, 0.15) is 67.7 Å². The monoisotopic (exact) mass is 1080 g/mol. The van der Waals surface area contributed by atoms with Crippen molar-refractivity contribution in [2.45, 2.75) is 59.3 Å². The van der Waals surface area contributed by atoms with Gasteiger partial charge in [0, 0.05) is 42.1 Å². The van der Waals surface area contributed by atoms with Crippen LogP contribution in [0.5, 0.6) is 11.5 Å². The first-order valence-corrected chi connectivity index (χ1v) is 25.0. The van der Waals surface area contributed by atoms with Gasteiger partial charge in [-0.2, -0.15) is 0 Å². The normalized spacial score (nSPS) is 10.9. The molecule has 0 aromatic heterocycles. The molecule has 0 aliphatic rings. The third-order valence-electron chi connectivity index (χ3n) is 12.2. The molecule has 0 aliphatic carbocycles. The Bertz CT molecular complexity index is 3620. The number of aryl methyl sites for hydroxylation is 2. The van der Waals surface area contributed by atoms with Crippen molar-refractivity contribution in [2.75, 3.05) is 6.61 Å². The van der Waals surface area contributed by atoms with Gasteiger partial charge in [0.05, 0.1) is 6.61 Å². The zero-order valence-corrected chi connectivity index (χ0v) is 43.3. The molecule has 0 amide bonds. The number of esters is 1. The maximum absolute atomic E-state index is 12.7. The van der Waals surface area contributed by atoms with Crippen LogP contribution in [0.4, 0.5) is 0 Å².